The molecule has 1 aliphatic heterocycles. The van der Waals surface area contributed by atoms with Gasteiger partial charge in [-0.1, -0.05) is 18.2 Å². The maximum atomic E-state index is 11.1. The summed E-state index contributed by atoms with van der Waals surface area (Å²) in [5.74, 6) is 0. The first-order valence-electron chi connectivity index (χ1n) is 3.07. The van der Waals surface area contributed by atoms with Gasteiger partial charge in [0.1, 0.15) is 0 Å². The highest BCUT2D eigenvalue weighted by molar-refractivity contribution is 7.93. The zero-order valence-electron chi connectivity index (χ0n) is 5.53. The number of rotatable bonds is 0. The molecule has 2 rings (SSSR count). The van der Waals surface area contributed by atoms with Crippen LogP contribution in [-0.4, -0.2) is 8.42 Å². The van der Waals surface area contributed by atoms with E-state index in [1.807, 2.05) is 0 Å². The van der Waals surface area contributed by atoms with Crippen molar-refractivity contribution in [3.8, 4) is 0 Å². The Bertz CT molecular complexity index is 415. The third kappa shape index (κ3) is 0.886. The van der Waals surface area contributed by atoms with Gasteiger partial charge in [-0.15, -0.1) is 0 Å². The molecule has 1 heterocycles. The summed E-state index contributed by atoms with van der Waals surface area (Å²) >= 11 is 0. The molecule has 3 heteroatoms. The molecule has 1 aromatic rings. The third-order valence-electron chi connectivity index (χ3n) is 1.50. The molecule has 11 heavy (non-hydrogen) atoms. The molecule has 1 aliphatic rings. The zero-order valence-corrected chi connectivity index (χ0v) is 6.35. The fourth-order valence-electron chi connectivity index (χ4n) is 0.981. The second kappa shape index (κ2) is 1.95. The minimum atomic E-state index is -3.27. The SMILES string of the molecule is O=S1(=O)[C]=[C]c2ccccc21. The third-order valence-corrected chi connectivity index (χ3v) is 2.80. The van der Waals surface area contributed by atoms with Crippen molar-refractivity contribution in [2.45, 2.75) is 4.90 Å². The van der Waals surface area contributed by atoms with Gasteiger partial charge >= 0.3 is 0 Å². The average molecular weight is 164 g/mol. The van der Waals surface area contributed by atoms with Crippen molar-refractivity contribution in [1.29, 1.82) is 0 Å². The minimum absolute atomic E-state index is 0.306. The fourth-order valence-corrected chi connectivity index (χ4v) is 2.00. The van der Waals surface area contributed by atoms with Crippen LogP contribution in [0.5, 0.6) is 0 Å². The van der Waals surface area contributed by atoms with Crippen LogP contribution in [0.15, 0.2) is 29.2 Å². The summed E-state index contributed by atoms with van der Waals surface area (Å²) in [5.41, 5.74) is 0.604. The summed E-state index contributed by atoms with van der Waals surface area (Å²) < 4.78 is 22.2. The quantitative estimate of drug-likeness (QED) is 0.572. The lowest BCUT2D eigenvalue weighted by Crippen LogP contribution is -1.92. The Kier molecular flexibility index (Phi) is 1.17. The van der Waals surface area contributed by atoms with Gasteiger partial charge in [-0.05, 0) is 6.07 Å². The zero-order chi connectivity index (χ0) is 7.90. The normalized spacial score (nSPS) is 18.2. The van der Waals surface area contributed by atoms with E-state index in [9.17, 15) is 8.42 Å². The van der Waals surface area contributed by atoms with Crippen LogP contribution >= 0.6 is 0 Å². The highest BCUT2D eigenvalue weighted by atomic mass is 32.2. The lowest BCUT2D eigenvalue weighted by molar-refractivity contribution is 0.604. The molecule has 2 radical (unpaired) electrons. The van der Waals surface area contributed by atoms with Crippen LogP contribution in [0.3, 0.4) is 0 Å². The summed E-state index contributed by atoms with van der Waals surface area (Å²) in [6, 6.07) is 6.71. The van der Waals surface area contributed by atoms with Crippen molar-refractivity contribution in [3.63, 3.8) is 0 Å². The van der Waals surface area contributed by atoms with Crippen molar-refractivity contribution in [2.75, 3.05) is 0 Å². The number of hydrogen-bond donors (Lipinski definition) is 0. The molecule has 54 valence electrons. The summed E-state index contributed by atoms with van der Waals surface area (Å²) in [5, 5.41) is 2.18. The Hall–Kier alpha value is -1.09. The molecule has 2 nitrogen and oxygen atoms in total. The predicted molar refractivity (Wildman–Crippen MR) is 39.2 cm³/mol. The van der Waals surface area contributed by atoms with E-state index in [0.717, 1.165) is 0 Å². The van der Waals surface area contributed by atoms with Gasteiger partial charge in [-0.25, -0.2) is 8.42 Å². The minimum Gasteiger partial charge on any atom is -0.218 e. The van der Waals surface area contributed by atoms with E-state index < -0.39 is 9.84 Å². The van der Waals surface area contributed by atoms with Crippen molar-refractivity contribution in [1.82, 2.24) is 0 Å². The molecule has 0 aliphatic carbocycles. The first kappa shape index (κ1) is 6.61. The van der Waals surface area contributed by atoms with Crippen LogP contribution in [0.4, 0.5) is 0 Å². The monoisotopic (exact) mass is 164 g/mol. The first-order valence-corrected chi connectivity index (χ1v) is 4.55. The van der Waals surface area contributed by atoms with E-state index in [1.165, 1.54) is 0 Å². The molecule has 0 spiro atoms. The highest BCUT2D eigenvalue weighted by Crippen LogP contribution is 2.22. The molecule has 1 aromatic carbocycles. The van der Waals surface area contributed by atoms with Crippen molar-refractivity contribution in [2.24, 2.45) is 0 Å². The van der Waals surface area contributed by atoms with Crippen LogP contribution in [-0.2, 0) is 9.84 Å². The van der Waals surface area contributed by atoms with Crippen molar-refractivity contribution >= 4 is 9.84 Å². The van der Waals surface area contributed by atoms with Crippen molar-refractivity contribution < 1.29 is 8.42 Å². The lowest BCUT2D eigenvalue weighted by atomic mass is 10.2. The van der Waals surface area contributed by atoms with Crippen molar-refractivity contribution in [3.05, 3.63) is 41.3 Å². The summed E-state index contributed by atoms with van der Waals surface area (Å²) in [4.78, 5) is 0.306. The summed E-state index contributed by atoms with van der Waals surface area (Å²) in [6.45, 7) is 0. The van der Waals surface area contributed by atoms with Crippen LogP contribution in [0, 0.1) is 11.5 Å². The van der Waals surface area contributed by atoms with Gasteiger partial charge in [0, 0.05) is 11.6 Å². The smallest absolute Gasteiger partial charge is 0.209 e. The second-order valence-electron chi connectivity index (χ2n) is 2.23. The van der Waals surface area contributed by atoms with E-state index in [0.29, 0.717) is 10.5 Å². The van der Waals surface area contributed by atoms with Gasteiger partial charge in [0.15, 0.2) is 0 Å². The van der Waals surface area contributed by atoms with Crippen LogP contribution in [0.2, 0.25) is 0 Å². The molecule has 0 unspecified atom stereocenters. The molecule has 0 N–H and O–H groups in total. The Morgan fingerprint density at radius 1 is 1.18 bits per heavy atom. The van der Waals surface area contributed by atoms with Gasteiger partial charge in [0.25, 0.3) is 0 Å². The molecular weight excluding hydrogens is 160 g/mol. The summed E-state index contributed by atoms with van der Waals surface area (Å²) in [6.07, 6.45) is 2.55. The fraction of sp³-hybridized carbons (Fsp3) is 0. The Labute approximate surface area is 65.1 Å². The second-order valence-corrected chi connectivity index (χ2v) is 3.88. The number of hydrogen-bond acceptors (Lipinski definition) is 2. The molecule has 0 bridgehead atoms. The Morgan fingerprint density at radius 2 is 1.91 bits per heavy atom. The van der Waals surface area contributed by atoms with Crippen LogP contribution in [0.1, 0.15) is 5.56 Å². The Balaban J connectivity index is 2.84. The number of fused-ring (bicyclic) bond motifs is 1. The van der Waals surface area contributed by atoms with Gasteiger partial charge in [0.05, 0.1) is 10.3 Å². The van der Waals surface area contributed by atoms with Crippen LogP contribution < -0.4 is 0 Å². The van der Waals surface area contributed by atoms with E-state index in [2.05, 4.69) is 11.5 Å². The van der Waals surface area contributed by atoms with E-state index in [-0.39, 0.29) is 0 Å². The standard InChI is InChI=1S/C8H4O2S/c9-11(10)6-5-7-3-1-2-4-8(7)11/h1-4H. The average Bonchev–Trinajstić information content (AvgIpc) is 2.29. The van der Waals surface area contributed by atoms with E-state index in [4.69, 9.17) is 0 Å². The van der Waals surface area contributed by atoms with Crippen LogP contribution in [0.25, 0.3) is 0 Å². The molecule has 0 aromatic heterocycles. The molecule has 0 fully saturated rings. The molecule has 0 saturated carbocycles. The topological polar surface area (TPSA) is 34.1 Å². The maximum Gasteiger partial charge on any atom is 0.209 e. The molecule has 0 amide bonds. The van der Waals surface area contributed by atoms with Gasteiger partial charge in [0.2, 0.25) is 9.84 Å². The van der Waals surface area contributed by atoms with Gasteiger partial charge in [-0.2, -0.15) is 0 Å². The van der Waals surface area contributed by atoms with Gasteiger partial charge < -0.3 is 0 Å². The van der Waals surface area contributed by atoms with Gasteiger partial charge in [-0.3, -0.25) is 0 Å². The number of benzene rings is 1. The number of sulfone groups is 1. The lowest BCUT2D eigenvalue weighted by Gasteiger charge is -1.93. The largest absolute Gasteiger partial charge is 0.218 e. The maximum absolute atomic E-state index is 11.1. The Morgan fingerprint density at radius 3 is 2.64 bits per heavy atom. The molecular formula is C8H4O2S. The molecule has 0 atom stereocenters. The first-order chi connectivity index (χ1) is 5.20. The van der Waals surface area contributed by atoms with E-state index >= 15 is 0 Å². The highest BCUT2D eigenvalue weighted by Gasteiger charge is 2.20. The van der Waals surface area contributed by atoms with E-state index in [1.54, 1.807) is 24.3 Å². The summed E-state index contributed by atoms with van der Waals surface area (Å²) in [7, 11) is -3.27. The predicted octanol–water partition coefficient (Wildman–Crippen LogP) is 0.942. The molecule has 0 saturated heterocycles.